The van der Waals surface area contributed by atoms with E-state index < -0.39 is 6.10 Å². The molecule has 0 aliphatic carbocycles. The number of pyridine rings is 1. The third-order valence-corrected chi connectivity index (χ3v) is 2.07. The monoisotopic (exact) mass is 205 g/mol. The molecular formula is C9H11N5O. The molecule has 2 aromatic rings. The fourth-order valence-corrected chi connectivity index (χ4v) is 1.32. The summed E-state index contributed by atoms with van der Waals surface area (Å²) in [7, 11) is 0. The first-order valence-electron chi connectivity index (χ1n) is 4.44. The Morgan fingerprint density at radius 3 is 2.93 bits per heavy atom. The summed E-state index contributed by atoms with van der Waals surface area (Å²) in [6.45, 7) is 1.88. The van der Waals surface area contributed by atoms with E-state index in [1.54, 1.807) is 12.3 Å². The lowest BCUT2D eigenvalue weighted by atomic mass is 10.1. The van der Waals surface area contributed by atoms with Crippen molar-refractivity contribution in [3.63, 3.8) is 0 Å². The van der Waals surface area contributed by atoms with E-state index in [9.17, 15) is 5.11 Å². The van der Waals surface area contributed by atoms with Crippen LogP contribution in [0, 0.1) is 6.92 Å². The summed E-state index contributed by atoms with van der Waals surface area (Å²) in [5, 5.41) is 16.2. The van der Waals surface area contributed by atoms with E-state index >= 15 is 0 Å². The number of rotatable bonds is 2. The van der Waals surface area contributed by atoms with E-state index in [4.69, 9.17) is 5.73 Å². The first-order chi connectivity index (χ1) is 7.18. The average Bonchev–Trinajstić information content (AvgIpc) is 2.74. The second-order valence-corrected chi connectivity index (χ2v) is 3.26. The molecule has 6 nitrogen and oxygen atoms in total. The lowest BCUT2D eigenvalue weighted by molar-refractivity contribution is 0.210. The summed E-state index contributed by atoms with van der Waals surface area (Å²) in [4.78, 5) is 7.83. The van der Waals surface area contributed by atoms with E-state index in [2.05, 4.69) is 20.2 Å². The SMILES string of the molecule is Cc1cnc(N)c(C(O)c2ncn[nH]2)c1. The summed E-state index contributed by atoms with van der Waals surface area (Å²) in [5.74, 6) is 0.651. The van der Waals surface area contributed by atoms with E-state index in [1.165, 1.54) is 6.33 Å². The molecule has 2 heterocycles. The van der Waals surface area contributed by atoms with Gasteiger partial charge in [0, 0.05) is 11.8 Å². The molecule has 78 valence electrons. The zero-order chi connectivity index (χ0) is 10.8. The highest BCUT2D eigenvalue weighted by molar-refractivity contribution is 5.44. The highest BCUT2D eigenvalue weighted by atomic mass is 16.3. The summed E-state index contributed by atoms with van der Waals surface area (Å²) in [6.07, 6.45) is 2.06. The maximum absolute atomic E-state index is 9.93. The number of aryl methyl sites for hydroxylation is 1. The zero-order valence-corrected chi connectivity index (χ0v) is 8.18. The topological polar surface area (TPSA) is 101 Å². The second kappa shape index (κ2) is 3.66. The molecule has 0 aromatic carbocycles. The Kier molecular flexibility index (Phi) is 2.34. The number of nitrogens with zero attached hydrogens (tertiary/aromatic N) is 3. The number of aliphatic hydroxyl groups excluding tert-OH is 1. The second-order valence-electron chi connectivity index (χ2n) is 3.26. The number of nitrogens with two attached hydrogens (primary N) is 1. The minimum absolute atomic E-state index is 0.296. The lowest BCUT2D eigenvalue weighted by Gasteiger charge is -2.10. The first kappa shape index (κ1) is 9.60. The number of H-pyrrole nitrogens is 1. The molecular weight excluding hydrogens is 194 g/mol. The van der Waals surface area contributed by atoms with Crippen molar-refractivity contribution in [1.29, 1.82) is 0 Å². The van der Waals surface area contributed by atoms with Gasteiger partial charge in [0.15, 0.2) is 5.82 Å². The third kappa shape index (κ3) is 1.79. The standard InChI is InChI=1S/C9H11N5O/c1-5-2-6(8(10)11-3-5)7(15)9-12-4-13-14-9/h2-4,7,15H,1H3,(H2,10,11)(H,12,13,14). The Balaban J connectivity index is 2.41. The molecule has 0 saturated carbocycles. The minimum atomic E-state index is -0.917. The number of anilines is 1. The number of hydrogen-bond acceptors (Lipinski definition) is 5. The molecule has 6 heteroatoms. The molecule has 2 rings (SSSR count). The molecule has 1 unspecified atom stereocenters. The quantitative estimate of drug-likeness (QED) is 0.648. The normalized spacial score (nSPS) is 12.7. The van der Waals surface area contributed by atoms with Crippen molar-refractivity contribution in [2.75, 3.05) is 5.73 Å². The van der Waals surface area contributed by atoms with E-state index in [0.717, 1.165) is 5.56 Å². The van der Waals surface area contributed by atoms with Crippen molar-refractivity contribution in [2.24, 2.45) is 0 Å². The van der Waals surface area contributed by atoms with Crippen LogP contribution < -0.4 is 5.73 Å². The zero-order valence-electron chi connectivity index (χ0n) is 8.18. The Morgan fingerprint density at radius 1 is 1.47 bits per heavy atom. The maximum Gasteiger partial charge on any atom is 0.157 e. The predicted molar refractivity (Wildman–Crippen MR) is 53.8 cm³/mol. The molecule has 2 aromatic heterocycles. The van der Waals surface area contributed by atoms with Crippen molar-refractivity contribution in [2.45, 2.75) is 13.0 Å². The van der Waals surface area contributed by atoms with Crippen molar-refractivity contribution in [1.82, 2.24) is 20.2 Å². The molecule has 0 amide bonds. The van der Waals surface area contributed by atoms with Gasteiger partial charge in [-0.3, -0.25) is 5.10 Å². The van der Waals surface area contributed by atoms with Gasteiger partial charge in [0.05, 0.1) is 0 Å². The van der Waals surface area contributed by atoms with Gasteiger partial charge in [-0.15, -0.1) is 0 Å². The minimum Gasteiger partial charge on any atom is -0.383 e. The van der Waals surface area contributed by atoms with Crippen LogP contribution in [0.25, 0.3) is 0 Å². The third-order valence-electron chi connectivity index (χ3n) is 2.07. The van der Waals surface area contributed by atoms with Gasteiger partial charge in [0.1, 0.15) is 18.2 Å². The van der Waals surface area contributed by atoms with Gasteiger partial charge in [0.2, 0.25) is 0 Å². The van der Waals surface area contributed by atoms with E-state index in [1.807, 2.05) is 6.92 Å². The fourth-order valence-electron chi connectivity index (χ4n) is 1.32. The molecule has 15 heavy (non-hydrogen) atoms. The van der Waals surface area contributed by atoms with Crippen molar-refractivity contribution >= 4 is 5.82 Å². The van der Waals surface area contributed by atoms with Gasteiger partial charge in [-0.1, -0.05) is 0 Å². The molecule has 4 N–H and O–H groups in total. The Hall–Kier alpha value is -1.95. The average molecular weight is 205 g/mol. The van der Waals surface area contributed by atoms with Crippen LogP contribution in [0.2, 0.25) is 0 Å². The van der Waals surface area contributed by atoms with Crippen molar-refractivity contribution < 1.29 is 5.11 Å². The summed E-state index contributed by atoms with van der Waals surface area (Å²) in [5.41, 5.74) is 7.13. The van der Waals surface area contributed by atoms with Gasteiger partial charge in [-0.2, -0.15) is 5.10 Å². The fraction of sp³-hybridized carbons (Fsp3) is 0.222. The van der Waals surface area contributed by atoms with Crippen LogP contribution in [-0.2, 0) is 0 Å². The number of aromatic nitrogens is 4. The number of aromatic amines is 1. The summed E-state index contributed by atoms with van der Waals surface area (Å²) in [6, 6.07) is 1.77. The van der Waals surface area contributed by atoms with Crippen LogP contribution in [0.15, 0.2) is 18.6 Å². The molecule has 0 aliphatic rings. The molecule has 0 spiro atoms. The highest BCUT2D eigenvalue weighted by Gasteiger charge is 2.16. The maximum atomic E-state index is 9.93. The molecule has 0 bridgehead atoms. The summed E-state index contributed by atoms with van der Waals surface area (Å²) < 4.78 is 0. The molecule has 0 aliphatic heterocycles. The molecule has 0 fully saturated rings. The van der Waals surface area contributed by atoms with Crippen LogP contribution in [0.1, 0.15) is 23.1 Å². The molecule has 0 saturated heterocycles. The highest BCUT2D eigenvalue weighted by Crippen LogP contribution is 2.23. The van der Waals surface area contributed by atoms with E-state index in [-0.39, 0.29) is 0 Å². The van der Waals surface area contributed by atoms with Crippen LogP contribution >= 0.6 is 0 Å². The van der Waals surface area contributed by atoms with Crippen LogP contribution in [-0.4, -0.2) is 25.3 Å². The molecule has 1 atom stereocenters. The van der Waals surface area contributed by atoms with Gasteiger partial charge in [-0.25, -0.2) is 9.97 Å². The van der Waals surface area contributed by atoms with Crippen LogP contribution in [0.5, 0.6) is 0 Å². The smallest absolute Gasteiger partial charge is 0.157 e. The van der Waals surface area contributed by atoms with Crippen molar-refractivity contribution in [3.05, 3.63) is 35.5 Å². The number of nitrogen functional groups attached to an aromatic ring is 1. The first-order valence-corrected chi connectivity index (χ1v) is 4.44. The van der Waals surface area contributed by atoms with Crippen molar-refractivity contribution in [3.8, 4) is 0 Å². The van der Waals surface area contributed by atoms with E-state index in [0.29, 0.717) is 17.2 Å². The Labute approximate surface area is 86.2 Å². The van der Waals surface area contributed by atoms with Crippen LogP contribution in [0.4, 0.5) is 5.82 Å². The van der Waals surface area contributed by atoms with Gasteiger partial charge < -0.3 is 10.8 Å². The Morgan fingerprint density at radius 2 is 2.27 bits per heavy atom. The number of aliphatic hydroxyl groups is 1. The van der Waals surface area contributed by atoms with Gasteiger partial charge >= 0.3 is 0 Å². The predicted octanol–water partition coefficient (Wildman–Crippen LogP) is 0.172. The number of nitrogens with one attached hydrogen (secondary N) is 1. The lowest BCUT2D eigenvalue weighted by Crippen LogP contribution is -2.07. The van der Waals surface area contributed by atoms with Crippen LogP contribution in [0.3, 0.4) is 0 Å². The number of hydrogen-bond donors (Lipinski definition) is 3. The van der Waals surface area contributed by atoms with Gasteiger partial charge in [0.25, 0.3) is 0 Å². The largest absolute Gasteiger partial charge is 0.383 e. The molecule has 0 radical (unpaired) electrons. The summed E-state index contributed by atoms with van der Waals surface area (Å²) >= 11 is 0. The Bertz CT molecular complexity index is 454. The van der Waals surface area contributed by atoms with Gasteiger partial charge in [-0.05, 0) is 18.6 Å².